The molecule has 3 aliphatic heterocycles. The summed E-state index contributed by atoms with van der Waals surface area (Å²) < 4.78 is 35.9. The Bertz CT molecular complexity index is 1580. The van der Waals surface area contributed by atoms with Gasteiger partial charge in [0.05, 0.1) is 29.5 Å². The number of nitrogens with one attached hydrogen (secondary N) is 2. The summed E-state index contributed by atoms with van der Waals surface area (Å²) >= 11 is 0. The number of ether oxygens (including phenoxy) is 1. The number of hydrogen-bond donors (Lipinski definition) is 2. The van der Waals surface area contributed by atoms with Crippen molar-refractivity contribution in [2.75, 3.05) is 59.0 Å². The SMILES string of the molecule is CCCCN1C(=O)[C@H](CC2CCCCC2)NC(=O)C12CCN(Cc1c(C)nn(-c3ccc(S(=O)(=O)NCCN4CCOCC4)cc3)c1C)CC2.Cl. The number of likely N-dealkylation sites (tertiary alicyclic amines) is 1. The second-order valence-electron chi connectivity index (χ2n) is 14.8. The molecule has 2 amide bonds. The maximum Gasteiger partial charge on any atom is 0.246 e. The number of unbranched alkanes of at least 4 members (excludes halogenated alkanes) is 1. The van der Waals surface area contributed by atoms with E-state index < -0.39 is 21.6 Å². The molecule has 14 heteroatoms. The number of benzene rings is 1. The second kappa shape index (κ2) is 17.5. The van der Waals surface area contributed by atoms with E-state index in [0.717, 1.165) is 67.8 Å². The Morgan fingerprint density at radius 2 is 1.65 bits per heavy atom. The first-order chi connectivity index (χ1) is 24.1. The molecule has 1 aromatic heterocycles. The molecule has 1 aliphatic carbocycles. The van der Waals surface area contributed by atoms with Crippen molar-refractivity contribution >= 4 is 34.2 Å². The van der Waals surface area contributed by atoms with Crippen molar-refractivity contribution in [3.8, 4) is 5.69 Å². The third kappa shape index (κ3) is 8.98. The summed E-state index contributed by atoms with van der Waals surface area (Å²) in [7, 11) is -3.63. The molecule has 4 fully saturated rings. The Balaban J connectivity index is 0.00000504. The lowest BCUT2D eigenvalue weighted by Crippen LogP contribution is -2.73. The van der Waals surface area contributed by atoms with Gasteiger partial charge in [-0.1, -0.05) is 45.4 Å². The van der Waals surface area contributed by atoms with Crippen LogP contribution in [0.1, 0.15) is 88.1 Å². The highest BCUT2D eigenvalue weighted by Gasteiger charge is 2.53. The molecular formula is C37H58ClN7O5S. The summed E-state index contributed by atoms with van der Waals surface area (Å²) in [4.78, 5) is 34.6. The predicted molar refractivity (Wildman–Crippen MR) is 200 cm³/mol. The Labute approximate surface area is 310 Å². The van der Waals surface area contributed by atoms with E-state index >= 15 is 0 Å². The molecule has 1 spiro atoms. The molecule has 0 unspecified atom stereocenters. The zero-order valence-corrected chi connectivity index (χ0v) is 32.3. The summed E-state index contributed by atoms with van der Waals surface area (Å²) in [5, 5.41) is 8.05. The van der Waals surface area contributed by atoms with Crippen LogP contribution in [0.25, 0.3) is 5.69 Å². The van der Waals surface area contributed by atoms with E-state index in [1.165, 1.54) is 19.3 Å². The zero-order valence-electron chi connectivity index (χ0n) is 30.7. The number of amides is 2. The van der Waals surface area contributed by atoms with Gasteiger partial charge >= 0.3 is 0 Å². The molecule has 1 aromatic carbocycles. The fourth-order valence-electron chi connectivity index (χ4n) is 8.40. The maximum absolute atomic E-state index is 13.9. The highest BCUT2D eigenvalue weighted by Crippen LogP contribution is 2.36. The molecule has 0 bridgehead atoms. The first kappa shape index (κ1) is 39.7. The lowest BCUT2D eigenvalue weighted by atomic mass is 9.79. The van der Waals surface area contributed by atoms with Gasteiger partial charge < -0.3 is 15.0 Å². The van der Waals surface area contributed by atoms with Crippen LogP contribution in [0.15, 0.2) is 29.2 Å². The highest BCUT2D eigenvalue weighted by molar-refractivity contribution is 7.89. The molecule has 4 heterocycles. The number of carbonyl (C=O) groups is 2. The van der Waals surface area contributed by atoms with Crippen LogP contribution in [0, 0.1) is 19.8 Å². The number of rotatable bonds is 13. The van der Waals surface area contributed by atoms with E-state index in [-0.39, 0.29) is 29.1 Å². The standard InChI is InChI=1S/C37H57N7O5S.ClH/c1-4-5-18-43-35(45)34(26-30-9-7-6-8-10-30)39-36(46)37(43)15-19-42(20-16-37)27-33-28(2)40-44(29(33)3)31-11-13-32(14-12-31)50(47,48)38-17-21-41-22-24-49-25-23-41;/h11-14,30,34,38H,4-10,15-27H2,1-3H3,(H,39,46);1H/t34-;/m0./s1. The van der Waals surface area contributed by atoms with Gasteiger partial charge in [0, 0.05) is 63.6 Å². The first-order valence-corrected chi connectivity index (χ1v) is 20.4. The monoisotopic (exact) mass is 747 g/mol. The molecule has 12 nitrogen and oxygen atoms in total. The Kier molecular flexibility index (Phi) is 13.6. The number of piperidine rings is 1. The lowest BCUT2D eigenvalue weighted by molar-refractivity contribution is -0.162. The third-order valence-corrected chi connectivity index (χ3v) is 13.0. The average Bonchev–Trinajstić information content (AvgIpc) is 3.40. The van der Waals surface area contributed by atoms with E-state index in [4.69, 9.17) is 9.84 Å². The molecule has 51 heavy (non-hydrogen) atoms. The van der Waals surface area contributed by atoms with Crippen molar-refractivity contribution < 1.29 is 22.7 Å². The van der Waals surface area contributed by atoms with Crippen LogP contribution in [0.2, 0.25) is 0 Å². The summed E-state index contributed by atoms with van der Waals surface area (Å²) in [6.07, 6.45) is 9.92. The second-order valence-corrected chi connectivity index (χ2v) is 16.6. The van der Waals surface area contributed by atoms with Crippen LogP contribution < -0.4 is 10.0 Å². The maximum atomic E-state index is 13.9. The number of halogens is 1. The number of hydrogen-bond acceptors (Lipinski definition) is 8. The van der Waals surface area contributed by atoms with Gasteiger partial charge in [0.2, 0.25) is 21.8 Å². The lowest BCUT2D eigenvalue weighted by Gasteiger charge is -2.52. The number of aryl methyl sites for hydroxylation is 1. The van der Waals surface area contributed by atoms with Crippen molar-refractivity contribution in [3.05, 3.63) is 41.2 Å². The quantitative estimate of drug-likeness (QED) is 0.316. The van der Waals surface area contributed by atoms with Gasteiger partial charge in [-0.15, -0.1) is 12.4 Å². The van der Waals surface area contributed by atoms with E-state index in [0.29, 0.717) is 71.2 Å². The van der Waals surface area contributed by atoms with Gasteiger partial charge in [0.25, 0.3) is 0 Å². The van der Waals surface area contributed by atoms with Crippen LogP contribution in [0.5, 0.6) is 0 Å². The molecular weight excluding hydrogens is 690 g/mol. The van der Waals surface area contributed by atoms with Crippen molar-refractivity contribution in [2.45, 2.75) is 108 Å². The largest absolute Gasteiger partial charge is 0.379 e. The Morgan fingerprint density at radius 1 is 0.961 bits per heavy atom. The van der Waals surface area contributed by atoms with E-state index in [1.54, 1.807) is 24.3 Å². The number of carbonyl (C=O) groups excluding carboxylic acids is 2. The van der Waals surface area contributed by atoms with Crippen LogP contribution in [-0.2, 0) is 30.9 Å². The molecule has 2 aromatic rings. The van der Waals surface area contributed by atoms with Crippen molar-refractivity contribution in [2.24, 2.45) is 5.92 Å². The molecule has 1 atom stereocenters. The normalized spacial score (nSPS) is 22.3. The summed E-state index contributed by atoms with van der Waals surface area (Å²) in [5.41, 5.74) is 3.07. The van der Waals surface area contributed by atoms with Crippen LogP contribution in [-0.4, -0.2) is 115 Å². The van der Waals surface area contributed by atoms with Crippen LogP contribution >= 0.6 is 12.4 Å². The minimum Gasteiger partial charge on any atom is -0.379 e. The number of nitrogens with zero attached hydrogens (tertiary/aromatic N) is 5. The van der Waals surface area contributed by atoms with Gasteiger partial charge in [0.15, 0.2) is 0 Å². The summed E-state index contributed by atoms with van der Waals surface area (Å²) in [6, 6.07) is 6.47. The van der Waals surface area contributed by atoms with Gasteiger partial charge in [-0.25, -0.2) is 17.8 Å². The topological polar surface area (TPSA) is 129 Å². The fraction of sp³-hybridized carbons (Fsp3) is 0.703. The number of aromatic nitrogens is 2. The van der Waals surface area contributed by atoms with Crippen molar-refractivity contribution in [1.29, 1.82) is 0 Å². The van der Waals surface area contributed by atoms with E-state index in [2.05, 4.69) is 26.8 Å². The molecule has 2 N–H and O–H groups in total. The first-order valence-electron chi connectivity index (χ1n) is 18.9. The summed E-state index contributed by atoms with van der Waals surface area (Å²) in [6.45, 7) is 12.9. The predicted octanol–water partition coefficient (Wildman–Crippen LogP) is 3.95. The van der Waals surface area contributed by atoms with Crippen LogP contribution in [0.4, 0.5) is 0 Å². The van der Waals surface area contributed by atoms with Gasteiger partial charge in [-0.05, 0) is 69.7 Å². The smallest absolute Gasteiger partial charge is 0.246 e. The number of morpholine rings is 1. The molecule has 0 radical (unpaired) electrons. The zero-order chi connectivity index (χ0) is 35.3. The number of sulfonamides is 1. The molecule has 4 aliphatic rings. The van der Waals surface area contributed by atoms with Crippen LogP contribution in [0.3, 0.4) is 0 Å². The Hall–Kier alpha value is -2.55. The van der Waals surface area contributed by atoms with Crippen molar-refractivity contribution in [3.63, 3.8) is 0 Å². The molecule has 6 rings (SSSR count). The molecule has 1 saturated carbocycles. The van der Waals surface area contributed by atoms with E-state index in [9.17, 15) is 18.0 Å². The minimum absolute atomic E-state index is 0. The fourth-order valence-corrected chi connectivity index (χ4v) is 9.42. The van der Waals surface area contributed by atoms with Gasteiger partial charge in [-0.3, -0.25) is 19.4 Å². The Morgan fingerprint density at radius 3 is 2.31 bits per heavy atom. The number of piperazine rings is 1. The summed E-state index contributed by atoms with van der Waals surface area (Å²) in [5.74, 6) is 0.673. The average molecular weight is 748 g/mol. The van der Waals surface area contributed by atoms with E-state index in [1.807, 2.05) is 23.4 Å². The molecule has 3 saturated heterocycles. The molecule has 284 valence electrons. The third-order valence-electron chi connectivity index (χ3n) is 11.6. The highest BCUT2D eigenvalue weighted by atomic mass is 35.5. The van der Waals surface area contributed by atoms with Gasteiger partial charge in [0.1, 0.15) is 11.6 Å². The van der Waals surface area contributed by atoms with Gasteiger partial charge in [-0.2, -0.15) is 5.10 Å². The van der Waals surface area contributed by atoms with Crippen molar-refractivity contribution in [1.82, 2.24) is 34.5 Å². The minimum atomic E-state index is -3.63.